The van der Waals surface area contributed by atoms with Crippen LogP contribution in [-0.2, 0) is 12.8 Å². The van der Waals surface area contributed by atoms with Crippen molar-refractivity contribution in [3.63, 3.8) is 0 Å². The smallest absolute Gasteiger partial charge is 0.161 e. The third-order valence-electron chi connectivity index (χ3n) is 4.24. The van der Waals surface area contributed by atoms with Crippen LogP contribution in [0.3, 0.4) is 0 Å². The Morgan fingerprint density at radius 1 is 1.20 bits per heavy atom. The minimum absolute atomic E-state index is 0.112. The molecule has 0 saturated heterocycles. The molecular weight excluding hydrogens is 264 g/mol. The second-order valence-electron chi connectivity index (χ2n) is 5.65. The molecule has 1 atom stereocenters. The lowest BCUT2D eigenvalue weighted by Crippen LogP contribution is -2.30. The summed E-state index contributed by atoms with van der Waals surface area (Å²) in [7, 11) is 0. The Labute approximate surface area is 127 Å². The van der Waals surface area contributed by atoms with E-state index in [1.807, 2.05) is 11.8 Å². The standard InChI is InChI=1S/C17H26N2S/c1-5-13-9-8-10-14(6-2)15(13)18-16-19-17(4,7-3)11-12-20-16/h8-10H,5-7,11-12H2,1-4H3,(H,18,19). The molecule has 0 fully saturated rings. The van der Waals surface area contributed by atoms with Crippen molar-refractivity contribution in [1.29, 1.82) is 0 Å². The van der Waals surface area contributed by atoms with Gasteiger partial charge in [-0.3, -0.25) is 4.99 Å². The molecule has 0 amide bonds. The maximum atomic E-state index is 4.95. The maximum Gasteiger partial charge on any atom is 0.161 e. The zero-order chi connectivity index (χ0) is 14.6. The summed E-state index contributed by atoms with van der Waals surface area (Å²) in [6.45, 7) is 8.92. The van der Waals surface area contributed by atoms with E-state index in [1.165, 1.54) is 23.2 Å². The van der Waals surface area contributed by atoms with Gasteiger partial charge in [0.05, 0.1) is 5.54 Å². The number of aliphatic imine (C=N–C) groups is 1. The van der Waals surface area contributed by atoms with Crippen LogP contribution in [0.15, 0.2) is 23.2 Å². The third-order valence-corrected chi connectivity index (χ3v) is 5.12. The van der Waals surface area contributed by atoms with Gasteiger partial charge in [0.15, 0.2) is 5.17 Å². The highest BCUT2D eigenvalue weighted by Gasteiger charge is 2.26. The summed E-state index contributed by atoms with van der Waals surface area (Å²) >= 11 is 1.85. The molecule has 1 heterocycles. The molecular formula is C17H26N2S. The van der Waals surface area contributed by atoms with Crippen LogP contribution in [0, 0.1) is 0 Å². The van der Waals surface area contributed by atoms with Gasteiger partial charge in [-0.15, -0.1) is 0 Å². The van der Waals surface area contributed by atoms with Crippen molar-refractivity contribution in [1.82, 2.24) is 0 Å². The van der Waals surface area contributed by atoms with Crippen LogP contribution in [0.1, 0.15) is 51.7 Å². The number of rotatable bonds is 4. The van der Waals surface area contributed by atoms with E-state index in [2.05, 4.69) is 51.2 Å². The zero-order valence-corrected chi connectivity index (χ0v) is 13.9. The molecule has 1 aliphatic rings. The highest BCUT2D eigenvalue weighted by Crippen LogP contribution is 2.31. The lowest BCUT2D eigenvalue weighted by molar-refractivity contribution is 0.443. The van der Waals surface area contributed by atoms with Crippen molar-refractivity contribution in [2.24, 2.45) is 4.99 Å². The number of benzene rings is 1. The molecule has 0 aromatic heterocycles. The van der Waals surface area contributed by atoms with Crippen molar-refractivity contribution in [2.45, 2.75) is 58.9 Å². The lowest BCUT2D eigenvalue weighted by atomic mass is 9.96. The van der Waals surface area contributed by atoms with Crippen molar-refractivity contribution in [2.75, 3.05) is 11.1 Å². The molecule has 0 radical (unpaired) electrons. The van der Waals surface area contributed by atoms with Gasteiger partial charge in [0.1, 0.15) is 0 Å². The van der Waals surface area contributed by atoms with Crippen LogP contribution in [0.25, 0.3) is 0 Å². The monoisotopic (exact) mass is 290 g/mol. The molecule has 1 aliphatic heterocycles. The second kappa shape index (κ2) is 6.66. The number of aryl methyl sites for hydroxylation is 2. The van der Waals surface area contributed by atoms with Gasteiger partial charge in [0, 0.05) is 11.4 Å². The molecule has 3 heteroatoms. The number of amidine groups is 1. The number of thioether (sulfide) groups is 1. The predicted molar refractivity (Wildman–Crippen MR) is 92.0 cm³/mol. The highest BCUT2D eigenvalue weighted by molar-refractivity contribution is 8.14. The SMILES string of the molecule is CCc1cccc(CC)c1NC1=NC(C)(CC)CCS1. The molecule has 110 valence electrons. The van der Waals surface area contributed by atoms with Gasteiger partial charge in [-0.25, -0.2) is 0 Å². The molecule has 1 unspecified atom stereocenters. The number of nitrogens with one attached hydrogen (secondary N) is 1. The van der Waals surface area contributed by atoms with Gasteiger partial charge in [-0.1, -0.05) is 50.7 Å². The van der Waals surface area contributed by atoms with E-state index in [0.29, 0.717) is 0 Å². The summed E-state index contributed by atoms with van der Waals surface area (Å²) in [5.74, 6) is 1.16. The van der Waals surface area contributed by atoms with Crippen molar-refractivity contribution >= 4 is 22.6 Å². The van der Waals surface area contributed by atoms with Crippen molar-refractivity contribution in [3.05, 3.63) is 29.3 Å². The van der Waals surface area contributed by atoms with E-state index < -0.39 is 0 Å². The molecule has 0 aliphatic carbocycles. The first-order valence-electron chi connectivity index (χ1n) is 7.72. The van der Waals surface area contributed by atoms with Crippen molar-refractivity contribution in [3.8, 4) is 0 Å². The summed E-state index contributed by atoms with van der Waals surface area (Å²) in [6.07, 6.45) is 4.39. The molecule has 0 spiro atoms. The summed E-state index contributed by atoms with van der Waals surface area (Å²) in [5, 5.41) is 4.72. The van der Waals surface area contributed by atoms with Gasteiger partial charge >= 0.3 is 0 Å². The van der Waals surface area contributed by atoms with E-state index in [4.69, 9.17) is 4.99 Å². The fraction of sp³-hybridized carbons (Fsp3) is 0.588. The van der Waals surface area contributed by atoms with E-state index >= 15 is 0 Å². The summed E-state index contributed by atoms with van der Waals surface area (Å²) in [4.78, 5) is 4.95. The summed E-state index contributed by atoms with van der Waals surface area (Å²) in [6, 6.07) is 6.60. The van der Waals surface area contributed by atoms with Crippen LogP contribution in [-0.4, -0.2) is 16.5 Å². The largest absolute Gasteiger partial charge is 0.335 e. The second-order valence-corrected chi connectivity index (χ2v) is 6.73. The van der Waals surface area contributed by atoms with Crippen LogP contribution in [0.4, 0.5) is 5.69 Å². The summed E-state index contributed by atoms with van der Waals surface area (Å²) in [5.41, 5.74) is 4.16. The molecule has 1 N–H and O–H groups in total. The fourth-order valence-corrected chi connectivity index (χ4v) is 3.73. The Morgan fingerprint density at radius 2 is 1.85 bits per heavy atom. The Balaban J connectivity index is 2.30. The van der Waals surface area contributed by atoms with E-state index in [-0.39, 0.29) is 5.54 Å². The highest BCUT2D eigenvalue weighted by atomic mass is 32.2. The first-order valence-corrected chi connectivity index (χ1v) is 8.71. The minimum Gasteiger partial charge on any atom is -0.335 e. The van der Waals surface area contributed by atoms with Crippen LogP contribution in [0.5, 0.6) is 0 Å². The zero-order valence-electron chi connectivity index (χ0n) is 13.1. The first kappa shape index (κ1) is 15.4. The van der Waals surface area contributed by atoms with Gasteiger partial charge in [0.25, 0.3) is 0 Å². The Morgan fingerprint density at radius 3 is 2.40 bits per heavy atom. The van der Waals surface area contributed by atoms with Crippen molar-refractivity contribution < 1.29 is 0 Å². The molecule has 0 bridgehead atoms. The van der Waals surface area contributed by atoms with E-state index in [1.54, 1.807) is 0 Å². The molecule has 20 heavy (non-hydrogen) atoms. The number of hydrogen-bond donors (Lipinski definition) is 1. The minimum atomic E-state index is 0.112. The quantitative estimate of drug-likeness (QED) is 0.854. The van der Waals surface area contributed by atoms with Gasteiger partial charge < -0.3 is 5.32 Å². The number of hydrogen-bond acceptors (Lipinski definition) is 3. The van der Waals surface area contributed by atoms with Gasteiger partial charge in [-0.05, 0) is 43.7 Å². The van der Waals surface area contributed by atoms with Gasteiger partial charge in [0.2, 0.25) is 0 Å². The lowest BCUT2D eigenvalue weighted by Gasteiger charge is -2.30. The average Bonchev–Trinajstić information content (AvgIpc) is 2.47. The Bertz CT molecular complexity index is 474. The topological polar surface area (TPSA) is 24.4 Å². The number of para-hydroxylation sites is 1. The average molecular weight is 290 g/mol. The van der Waals surface area contributed by atoms with Crippen LogP contribution in [0.2, 0.25) is 0 Å². The number of anilines is 1. The van der Waals surface area contributed by atoms with Crippen LogP contribution < -0.4 is 5.32 Å². The molecule has 0 saturated carbocycles. The van der Waals surface area contributed by atoms with E-state index in [9.17, 15) is 0 Å². The normalized spacial score (nSPS) is 22.5. The van der Waals surface area contributed by atoms with Gasteiger partial charge in [-0.2, -0.15) is 0 Å². The first-order chi connectivity index (χ1) is 9.61. The fourth-order valence-electron chi connectivity index (χ4n) is 2.53. The third kappa shape index (κ3) is 3.38. The van der Waals surface area contributed by atoms with E-state index in [0.717, 1.165) is 30.2 Å². The molecule has 1 aromatic rings. The number of nitrogens with zero attached hydrogens (tertiary/aromatic N) is 1. The van der Waals surface area contributed by atoms with Crippen LogP contribution >= 0.6 is 11.8 Å². The predicted octanol–water partition coefficient (Wildman–Crippen LogP) is 4.88. The molecule has 2 rings (SSSR count). The summed E-state index contributed by atoms with van der Waals surface area (Å²) < 4.78 is 0. The Kier molecular flexibility index (Phi) is 5.14. The maximum absolute atomic E-state index is 4.95. The molecule has 1 aromatic carbocycles. The Hall–Kier alpha value is -0.960. The molecule has 2 nitrogen and oxygen atoms in total.